The molecule has 1 aromatic rings. The molecule has 4 nitrogen and oxygen atoms in total. The van der Waals surface area contributed by atoms with E-state index in [1.54, 1.807) is 12.4 Å². The van der Waals surface area contributed by atoms with E-state index in [2.05, 4.69) is 4.98 Å². The molecule has 1 aliphatic rings. The van der Waals surface area contributed by atoms with Crippen molar-refractivity contribution in [2.75, 3.05) is 19.0 Å². The molecule has 1 saturated carbocycles. The van der Waals surface area contributed by atoms with Gasteiger partial charge in [-0.15, -0.1) is 0 Å². The summed E-state index contributed by atoms with van der Waals surface area (Å²) < 4.78 is 0. The lowest BCUT2D eigenvalue weighted by Crippen LogP contribution is -2.24. The fourth-order valence-electron chi connectivity index (χ4n) is 2.03. The third-order valence-electron chi connectivity index (χ3n) is 3.19. The predicted molar refractivity (Wildman–Crippen MR) is 74.3 cm³/mol. The van der Waals surface area contributed by atoms with Crippen LogP contribution < -0.4 is 10.6 Å². The van der Waals surface area contributed by atoms with Crippen LogP contribution >= 0.6 is 0 Å². The first-order valence-corrected chi connectivity index (χ1v) is 6.48. The quantitative estimate of drug-likeness (QED) is 0.874. The number of anilines is 1. The number of hydrogen-bond acceptors (Lipinski definition) is 3. The predicted octanol–water partition coefficient (Wildman–Crippen LogP) is 2.20. The van der Waals surface area contributed by atoms with E-state index < -0.39 is 0 Å². The second-order valence-corrected chi connectivity index (χ2v) is 4.84. The Labute approximate surface area is 109 Å². The zero-order chi connectivity index (χ0) is 13.4. The molecule has 1 fully saturated rings. The molecule has 0 aliphatic heterocycles. The number of aromatic nitrogens is 1. The maximum absolute atomic E-state index is 10.6. The van der Waals surface area contributed by atoms with E-state index in [9.17, 15) is 4.79 Å². The lowest BCUT2D eigenvalue weighted by molar-refractivity contribution is -0.122. The highest BCUT2D eigenvalue weighted by atomic mass is 16.1. The number of carbonyl (C=O) groups excluding carboxylic acids is 1. The van der Waals surface area contributed by atoms with Crippen molar-refractivity contribution in [1.82, 2.24) is 4.98 Å². The maximum Gasteiger partial charge on any atom is 0.220 e. The van der Waals surface area contributed by atoms with Gasteiger partial charge in [0.1, 0.15) is 0 Å². The Kier molecular flexibility index (Phi) is 6.19. The van der Waals surface area contributed by atoms with Gasteiger partial charge in [-0.25, -0.2) is 0 Å². The van der Waals surface area contributed by atoms with Gasteiger partial charge in [-0.1, -0.05) is 19.3 Å². The summed E-state index contributed by atoms with van der Waals surface area (Å²) in [6.07, 6.45) is 9.28. The van der Waals surface area contributed by atoms with Crippen molar-refractivity contribution >= 4 is 11.6 Å². The number of hydrogen-bond donors (Lipinski definition) is 1. The highest BCUT2D eigenvalue weighted by Crippen LogP contribution is 2.22. The van der Waals surface area contributed by atoms with Gasteiger partial charge in [0.05, 0.1) is 0 Å². The van der Waals surface area contributed by atoms with Gasteiger partial charge in [0.25, 0.3) is 0 Å². The van der Waals surface area contributed by atoms with Crippen LogP contribution in [0.25, 0.3) is 0 Å². The summed E-state index contributed by atoms with van der Waals surface area (Å²) in [5.41, 5.74) is 6.31. The first kappa shape index (κ1) is 14.5. The summed E-state index contributed by atoms with van der Waals surface area (Å²) in [7, 11) is 4.02. The smallest absolute Gasteiger partial charge is 0.220 e. The average Bonchev–Trinajstić information content (AvgIpc) is 2.41. The van der Waals surface area contributed by atoms with Crippen molar-refractivity contribution in [3.63, 3.8) is 0 Å². The molecule has 2 N–H and O–H groups in total. The normalized spacial score (nSPS) is 15.4. The van der Waals surface area contributed by atoms with Crippen molar-refractivity contribution in [2.24, 2.45) is 11.7 Å². The van der Waals surface area contributed by atoms with Crippen molar-refractivity contribution in [3.8, 4) is 0 Å². The highest BCUT2D eigenvalue weighted by Gasteiger charge is 2.17. The SMILES string of the molecule is CN(C)c1ccncc1.NC(=O)C1CCCCC1. The van der Waals surface area contributed by atoms with E-state index in [1.165, 1.54) is 24.9 Å². The zero-order valence-electron chi connectivity index (χ0n) is 11.3. The Bertz CT molecular complexity index is 345. The Morgan fingerprint density at radius 3 is 2.11 bits per heavy atom. The molecular weight excluding hydrogens is 226 g/mol. The van der Waals surface area contributed by atoms with Gasteiger partial charge < -0.3 is 10.6 Å². The molecule has 0 radical (unpaired) electrons. The molecule has 1 aliphatic carbocycles. The zero-order valence-corrected chi connectivity index (χ0v) is 11.3. The van der Waals surface area contributed by atoms with Gasteiger partial charge in [0.2, 0.25) is 5.91 Å². The van der Waals surface area contributed by atoms with Gasteiger partial charge in [0.15, 0.2) is 0 Å². The van der Waals surface area contributed by atoms with Gasteiger partial charge in [-0.3, -0.25) is 9.78 Å². The van der Waals surface area contributed by atoms with Gasteiger partial charge in [0, 0.05) is 38.1 Å². The molecule has 18 heavy (non-hydrogen) atoms. The van der Waals surface area contributed by atoms with Crippen molar-refractivity contribution in [1.29, 1.82) is 0 Å². The first-order chi connectivity index (χ1) is 8.61. The second-order valence-electron chi connectivity index (χ2n) is 4.84. The third-order valence-corrected chi connectivity index (χ3v) is 3.19. The Hall–Kier alpha value is -1.58. The minimum atomic E-state index is -0.102. The number of primary amides is 1. The summed E-state index contributed by atoms with van der Waals surface area (Å²) in [6.45, 7) is 0. The van der Waals surface area contributed by atoms with E-state index in [0.717, 1.165) is 12.8 Å². The van der Waals surface area contributed by atoms with Crippen LogP contribution in [0.4, 0.5) is 5.69 Å². The fourth-order valence-corrected chi connectivity index (χ4v) is 2.03. The standard InChI is InChI=1S/C7H10N2.C7H13NO/c1-9(2)7-3-5-8-6-4-7;8-7(9)6-4-2-1-3-5-6/h3-6H,1-2H3;6H,1-5H2,(H2,8,9). The van der Waals surface area contributed by atoms with E-state index in [-0.39, 0.29) is 11.8 Å². The number of nitrogens with two attached hydrogens (primary N) is 1. The summed E-state index contributed by atoms with van der Waals surface area (Å²) in [4.78, 5) is 16.5. The lowest BCUT2D eigenvalue weighted by Gasteiger charge is -2.17. The van der Waals surface area contributed by atoms with E-state index in [1.807, 2.05) is 31.1 Å². The largest absolute Gasteiger partial charge is 0.378 e. The molecule has 1 amide bonds. The molecule has 0 aromatic carbocycles. The van der Waals surface area contributed by atoms with Crippen LogP contribution in [0.5, 0.6) is 0 Å². The highest BCUT2D eigenvalue weighted by molar-refractivity contribution is 5.76. The van der Waals surface area contributed by atoms with E-state index in [4.69, 9.17) is 5.73 Å². The summed E-state index contributed by atoms with van der Waals surface area (Å²) in [5, 5.41) is 0. The van der Waals surface area contributed by atoms with Crippen LogP contribution in [-0.2, 0) is 4.79 Å². The number of nitrogens with zero attached hydrogens (tertiary/aromatic N) is 2. The monoisotopic (exact) mass is 249 g/mol. The number of amides is 1. The van der Waals surface area contributed by atoms with Crippen LogP contribution in [0.2, 0.25) is 0 Å². The minimum absolute atomic E-state index is 0.102. The van der Waals surface area contributed by atoms with Crippen molar-refractivity contribution < 1.29 is 4.79 Å². The van der Waals surface area contributed by atoms with E-state index in [0.29, 0.717) is 0 Å². The maximum atomic E-state index is 10.6. The minimum Gasteiger partial charge on any atom is -0.378 e. The Morgan fingerprint density at radius 1 is 1.22 bits per heavy atom. The Morgan fingerprint density at radius 2 is 1.78 bits per heavy atom. The molecule has 0 unspecified atom stereocenters. The van der Waals surface area contributed by atoms with Crippen molar-refractivity contribution in [3.05, 3.63) is 24.5 Å². The Balaban J connectivity index is 0.000000180. The van der Waals surface area contributed by atoms with Gasteiger partial charge >= 0.3 is 0 Å². The molecule has 4 heteroatoms. The summed E-state index contributed by atoms with van der Waals surface area (Å²) in [5.74, 6) is 0.0912. The number of rotatable bonds is 2. The lowest BCUT2D eigenvalue weighted by atomic mass is 9.89. The molecular formula is C14H23N3O. The first-order valence-electron chi connectivity index (χ1n) is 6.48. The van der Waals surface area contributed by atoms with Gasteiger partial charge in [-0.2, -0.15) is 0 Å². The van der Waals surface area contributed by atoms with Crippen LogP contribution in [0.1, 0.15) is 32.1 Å². The molecule has 0 atom stereocenters. The van der Waals surface area contributed by atoms with Crippen LogP contribution in [0.3, 0.4) is 0 Å². The van der Waals surface area contributed by atoms with Crippen LogP contribution in [0.15, 0.2) is 24.5 Å². The topological polar surface area (TPSA) is 59.2 Å². The van der Waals surface area contributed by atoms with Crippen molar-refractivity contribution in [2.45, 2.75) is 32.1 Å². The molecule has 0 spiro atoms. The molecule has 100 valence electrons. The number of pyridine rings is 1. The van der Waals surface area contributed by atoms with Crippen LogP contribution in [-0.4, -0.2) is 25.0 Å². The molecule has 2 rings (SSSR count). The third kappa shape index (κ3) is 5.17. The number of carbonyl (C=O) groups is 1. The average molecular weight is 249 g/mol. The molecule has 1 heterocycles. The summed E-state index contributed by atoms with van der Waals surface area (Å²) in [6, 6.07) is 3.94. The van der Waals surface area contributed by atoms with E-state index >= 15 is 0 Å². The second kappa shape index (κ2) is 7.69. The van der Waals surface area contributed by atoms with Gasteiger partial charge in [-0.05, 0) is 25.0 Å². The van der Waals surface area contributed by atoms with Crippen LogP contribution in [0, 0.1) is 5.92 Å². The molecule has 0 saturated heterocycles. The molecule has 0 bridgehead atoms. The summed E-state index contributed by atoms with van der Waals surface area (Å²) >= 11 is 0. The fraction of sp³-hybridized carbons (Fsp3) is 0.571. The molecule has 1 aromatic heterocycles.